The van der Waals surface area contributed by atoms with Gasteiger partial charge in [-0.25, -0.2) is 19.2 Å². The molecule has 0 fully saturated rings. The van der Waals surface area contributed by atoms with Crippen molar-refractivity contribution in [1.29, 1.82) is 0 Å². The standard InChI is InChI=1S/C20H22FN3O3/c1-5-13-10-14(21)6-7-17(13)26-18-15-8-9-24(11-16(15)22-12-23-18)19(25)27-20(2,3)4/h5-7,10,12H,1,8-9,11H2,2-4H3. The van der Waals surface area contributed by atoms with Gasteiger partial charge in [-0.3, -0.25) is 0 Å². The molecule has 6 nitrogen and oxygen atoms in total. The van der Waals surface area contributed by atoms with Crippen LogP contribution in [-0.2, 0) is 17.7 Å². The lowest BCUT2D eigenvalue weighted by Gasteiger charge is -2.30. The molecular formula is C20H22FN3O3. The molecule has 1 amide bonds. The molecule has 7 heteroatoms. The van der Waals surface area contributed by atoms with Crippen molar-refractivity contribution in [2.75, 3.05) is 6.54 Å². The highest BCUT2D eigenvalue weighted by molar-refractivity contribution is 5.68. The Balaban J connectivity index is 1.82. The van der Waals surface area contributed by atoms with Gasteiger partial charge in [0, 0.05) is 17.7 Å². The number of hydrogen-bond acceptors (Lipinski definition) is 5. The van der Waals surface area contributed by atoms with E-state index in [0.717, 1.165) is 5.56 Å². The van der Waals surface area contributed by atoms with Crippen molar-refractivity contribution in [2.45, 2.75) is 39.3 Å². The maximum absolute atomic E-state index is 13.4. The predicted octanol–water partition coefficient (Wildman–Crippen LogP) is 4.34. The first-order chi connectivity index (χ1) is 12.8. The number of rotatable bonds is 3. The summed E-state index contributed by atoms with van der Waals surface area (Å²) in [5.41, 5.74) is 1.52. The van der Waals surface area contributed by atoms with E-state index >= 15 is 0 Å². The van der Waals surface area contributed by atoms with Crippen LogP contribution in [0.3, 0.4) is 0 Å². The van der Waals surface area contributed by atoms with E-state index in [0.29, 0.717) is 42.4 Å². The quantitative estimate of drug-likeness (QED) is 0.803. The number of amides is 1. The van der Waals surface area contributed by atoms with E-state index in [2.05, 4.69) is 16.5 Å². The average molecular weight is 371 g/mol. The molecule has 0 saturated carbocycles. The second-order valence-corrected chi connectivity index (χ2v) is 7.24. The van der Waals surface area contributed by atoms with Crippen LogP contribution < -0.4 is 4.74 Å². The fourth-order valence-corrected chi connectivity index (χ4v) is 2.77. The lowest BCUT2D eigenvalue weighted by atomic mass is 10.1. The van der Waals surface area contributed by atoms with Crippen LogP contribution in [-0.4, -0.2) is 33.1 Å². The Morgan fingerprint density at radius 2 is 2.11 bits per heavy atom. The number of ether oxygens (including phenoxy) is 2. The van der Waals surface area contributed by atoms with Gasteiger partial charge in [0.25, 0.3) is 0 Å². The fraction of sp³-hybridized carbons (Fsp3) is 0.350. The number of nitrogens with zero attached hydrogens (tertiary/aromatic N) is 3. The molecular weight excluding hydrogens is 349 g/mol. The molecule has 0 spiro atoms. The third-order valence-electron chi connectivity index (χ3n) is 4.02. The summed E-state index contributed by atoms with van der Waals surface area (Å²) < 4.78 is 24.7. The zero-order valence-electron chi connectivity index (χ0n) is 15.7. The molecule has 2 heterocycles. The molecule has 0 bridgehead atoms. The Kier molecular flexibility index (Phi) is 5.12. The molecule has 2 aromatic rings. The second-order valence-electron chi connectivity index (χ2n) is 7.24. The molecule has 27 heavy (non-hydrogen) atoms. The van der Waals surface area contributed by atoms with Crippen LogP contribution >= 0.6 is 0 Å². The van der Waals surface area contributed by atoms with E-state index in [1.165, 1.54) is 30.6 Å². The molecule has 0 saturated heterocycles. The van der Waals surface area contributed by atoms with Crippen molar-refractivity contribution in [2.24, 2.45) is 0 Å². The summed E-state index contributed by atoms with van der Waals surface area (Å²) in [5, 5.41) is 0. The molecule has 0 unspecified atom stereocenters. The molecule has 142 valence electrons. The van der Waals surface area contributed by atoms with Crippen molar-refractivity contribution >= 4 is 12.2 Å². The molecule has 3 rings (SSSR count). The fourth-order valence-electron chi connectivity index (χ4n) is 2.77. The highest BCUT2D eigenvalue weighted by atomic mass is 19.1. The highest BCUT2D eigenvalue weighted by Crippen LogP contribution is 2.31. The monoisotopic (exact) mass is 371 g/mol. The van der Waals surface area contributed by atoms with Crippen molar-refractivity contribution in [3.05, 3.63) is 53.7 Å². The lowest BCUT2D eigenvalue weighted by Crippen LogP contribution is -2.40. The summed E-state index contributed by atoms with van der Waals surface area (Å²) >= 11 is 0. The number of aromatic nitrogens is 2. The number of carbonyl (C=O) groups excluding carboxylic acids is 1. The molecule has 0 N–H and O–H groups in total. The Morgan fingerprint density at radius 3 is 2.81 bits per heavy atom. The van der Waals surface area contributed by atoms with E-state index in [1.54, 1.807) is 4.90 Å². The van der Waals surface area contributed by atoms with Gasteiger partial charge in [-0.1, -0.05) is 12.7 Å². The topological polar surface area (TPSA) is 64.6 Å². The van der Waals surface area contributed by atoms with Crippen LogP contribution in [0.15, 0.2) is 31.1 Å². The van der Waals surface area contributed by atoms with Crippen molar-refractivity contribution in [3.63, 3.8) is 0 Å². The summed E-state index contributed by atoms with van der Waals surface area (Å²) in [4.78, 5) is 22.4. The van der Waals surface area contributed by atoms with E-state index in [9.17, 15) is 9.18 Å². The number of carbonyl (C=O) groups is 1. The first-order valence-electron chi connectivity index (χ1n) is 8.67. The first kappa shape index (κ1) is 18.8. The average Bonchev–Trinajstić information content (AvgIpc) is 2.61. The van der Waals surface area contributed by atoms with E-state index in [4.69, 9.17) is 9.47 Å². The number of halogens is 1. The van der Waals surface area contributed by atoms with Gasteiger partial charge in [-0.2, -0.15) is 0 Å². The zero-order valence-corrected chi connectivity index (χ0v) is 15.7. The van der Waals surface area contributed by atoms with Crippen LogP contribution in [0.2, 0.25) is 0 Å². The summed E-state index contributed by atoms with van der Waals surface area (Å²) in [5.74, 6) is 0.496. The van der Waals surface area contributed by atoms with Gasteiger partial charge in [-0.05, 0) is 45.4 Å². The molecule has 0 radical (unpaired) electrons. The summed E-state index contributed by atoms with van der Waals surface area (Å²) in [6, 6.07) is 4.21. The molecule has 1 aliphatic rings. The van der Waals surface area contributed by atoms with Crippen LogP contribution in [0.5, 0.6) is 11.6 Å². The Bertz CT molecular complexity index is 877. The van der Waals surface area contributed by atoms with E-state index < -0.39 is 5.60 Å². The smallest absolute Gasteiger partial charge is 0.410 e. The van der Waals surface area contributed by atoms with Gasteiger partial charge in [0.1, 0.15) is 23.5 Å². The Morgan fingerprint density at radius 1 is 1.33 bits per heavy atom. The Hall–Kier alpha value is -2.96. The van der Waals surface area contributed by atoms with Crippen LogP contribution in [0, 0.1) is 5.82 Å². The predicted molar refractivity (Wildman–Crippen MR) is 98.9 cm³/mol. The first-order valence-corrected chi connectivity index (χ1v) is 8.67. The van der Waals surface area contributed by atoms with E-state index in [1.807, 2.05) is 20.8 Å². The third kappa shape index (κ3) is 4.42. The molecule has 1 aliphatic heterocycles. The molecule has 0 aliphatic carbocycles. The maximum atomic E-state index is 13.4. The van der Waals surface area contributed by atoms with Gasteiger partial charge in [0.2, 0.25) is 5.88 Å². The molecule has 1 aromatic heterocycles. The second kappa shape index (κ2) is 7.34. The van der Waals surface area contributed by atoms with E-state index in [-0.39, 0.29) is 11.9 Å². The molecule has 0 atom stereocenters. The van der Waals surface area contributed by atoms with Gasteiger partial charge >= 0.3 is 6.09 Å². The van der Waals surface area contributed by atoms with Gasteiger partial charge in [0.05, 0.1) is 12.2 Å². The SMILES string of the molecule is C=Cc1cc(F)ccc1Oc1ncnc2c1CCN(C(=O)OC(C)(C)C)C2. The third-order valence-corrected chi connectivity index (χ3v) is 4.02. The Labute approximate surface area is 157 Å². The minimum atomic E-state index is -0.555. The minimum absolute atomic E-state index is 0.320. The van der Waals surface area contributed by atoms with Crippen LogP contribution in [0.25, 0.3) is 6.08 Å². The van der Waals surface area contributed by atoms with Gasteiger partial charge < -0.3 is 14.4 Å². The van der Waals surface area contributed by atoms with Crippen molar-refractivity contribution < 1.29 is 18.7 Å². The lowest BCUT2D eigenvalue weighted by molar-refractivity contribution is 0.0219. The van der Waals surface area contributed by atoms with Crippen molar-refractivity contribution in [3.8, 4) is 11.6 Å². The number of fused-ring (bicyclic) bond motifs is 1. The largest absolute Gasteiger partial charge is 0.444 e. The highest BCUT2D eigenvalue weighted by Gasteiger charge is 2.28. The zero-order chi connectivity index (χ0) is 19.6. The summed E-state index contributed by atoms with van der Waals surface area (Å²) in [7, 11) is 0. The van der Waals surface area contributed by atoms with Gasteiger partial charge in [-0.15, -0.1) is 0 Å². The minimum Gasteiger partial charge on any atom is -0.444 e. The number of benzene rings is 1. The van der Waals surface area contributed by atoms with Crippen molar-refractivity contribution in [1.82, 2.24) is 14.9 Å². The summed E-state index contributed by atoms with van der Waals surface area (Å²) in [6.07, 6.45) is 3.08. The van der Waals surface area contributed by atoms with Crippen LogP contribution in [0.1, 0.15) is 37.6 Å². The summed E-state index contributed by atoms with van der Waals surface area (Å²) in [6.45, 7) is 9.97. The van der Waals surface area contributed by atoms with Gasteiger partial charge in [0.15, 0.2) is 0 Å². The maximum Gasteiger partial charge on any atom is 0.410 e. The number of hydrogen-bond donors (Lipinski definition) is 0. The van der Waals surface area contributed by atoms with Crippen LogP contribution in [0.4, 0.5) is 9.18 Å². The normalized spacial score (nSPS) is 13.7. The molecule has 1 aromatic carbocycles.